The van der Waals surface area contributed by atoms with E-state index in [4.69, 9.17) is 0 Å². The van der Waals surface area contributed by atoms with Crippen molar-refractivity contribution in [3.05, 3.63) is 60.2 Å². The molecule has 0 spiro atoms. The molecule has 1 aromatic carbocycles. The lowest BCUT2D eigenvalue weighted by Gasteiger charge is -2.07. The highest BCUT2D eigenvalue weighted by Gasteiger charge is 2.30. The van der Waals surface area contributed by atoms with E-state index in [-0.39, 0.29) is 5.91 Å². The molecular formula is C18H17N5O. The largest absolute Gasteiger partial charge is 0.318 e. The topological polar surface area (TPSA) is 72.7 Å². The average molecular weight is 319 g/mol. The molecule has 1 aliphatic carbocycles. The molecule has 0 aliphatic heterocycles. The van der Waals surface area contributed by atoms with Crippen molar-refractivity contribution >= 4 is 11.6 Å². The van der Waals surface area contributed by atoms with Gasteiger partial charge in [-0.25, -0.2) is 9.97 Å². The molecule has 1 fully saturated rings. The summed E-state index contributed by atoms with van der Waals surface area (Å²) in [5.74, 6) is 0.928. The minimum atomic E-state index is -0.173. The number of nitrogens with zero attached hydrogens (tertiary/aromatic N) is 4. The van der Waals surface area contributed by atoms with Gasteiger partial charge < -0.3 is 5.32 Å². The number of amides is 1. The standard InChI is InChI=1S/C18H17N5O/c1-23-16(15(11-21-23)12-7-8-12)18(24)22-14-9-19-17(20-10-14)13-5-3-2-4-6-13/h2-6,9-12H,7-8H2,1H3,(H,22,24). The highest BCUT2D eigenvalue weighted by atomic mass is 16.2. The molecule has 0 unspecified atom stereocenters. The molecule has 120 valence electrons. The van der Waals surface area contributed by atoms with Crippen molar-refractivity contribution < 1.29 is 4.79 Å². The van der Waals surface area contributed by atoms with Gasteiger partial charge in [-0.3, -0.25) is 9.48 Å². The van der Waals surface area contributed by atoms with Gasteiger partial charge in [-0.2, -0.15) is 5.10 Å². The van der Waals surface area contributed by atoms with Crippen molar-refractivity contribution in [1.29, 1.82) is 0 Å². The van der Waals surface area contributed by atoms with E-state index in [0.717, 1.165) is 24.0 Å². The lowest BCUT2D eigenvalue weighted by molar-refractivity contribution is 0.101. The molecule has 2 aromatic heterocycles. The van der Waals surface area contributed by atoms with E-state index in [1.807, 2.05) is 30.3 Å². The van der Waals surface area contributed by atoms with Crippen LogP contribution in [-0.2, 0) is 7.05 Å². The zero-order chi connectivity index (χ0) is 16.5. The van der Waals surface area contributed by atoms with Crippen molar-refractivity contribution in [2.45, 2.75) is 18.8 Å². The third kappa shape index (κ3) is 2.78. The zero-order valence-corrected chi connectivity index (χ0v) is 13.3. The van der Waals surface area contributed by atoms with Crippen LogP contribution in [0.2, 0.25) is 0 Å². The Morgan fingerprint density at radius 1 is 1.12 bits per heavy atom. The van der Waals surface area contributed by atoms with Gasteiger partial charge >= 0.3 is 0 Å². The molecule has 0 atom stereocenters. The van der Waals surface area contributed by atoms with Gasteiger partial charge in [0, 0.05) is 18.2 Å². The number of hydrogen-bond acceptors (Lipinski definition) is 4. The zero-order valence-electron chi connectivity index (χ0n) is 13.3. The Balaban J connectivity index is 1.53. The quantitative estimate of drug-likeness (QED) is 0.802. The summed E-state index contributed by atoms with van der Waals surface area (Å²) in [6.45, 7) is 0. The summed E-state index contributed by atoms with van der Waals surface area (Å²) < 4.78 is 1.63. The molecule has 1 aliphatic rings. The van der Waals surface area contributed by atoms with Crippen molar-refractivity contribution in [2.75, 3.05) is 5.32 Å². The molecule has 4 rings (SSSR count). The maximum Gasteiger partial charge on any atom is 0.274 e. The predicted octanol–water partition coefficient (Wildman–Crippen LogP) is 3.01. The number of anilines is 1. The Morgan fingerprint density at radius 2 is 1.83 bits per heavy atom. The Bertz CT molecular complexity index is 866. The molecule has 2 heterocycles. The third-order valence-corrected chi connectivity index (χ3v) is 4.14. The van der Waals surface area contributed by atoms with E-state index in [9.17, 15) is 4.79 Å². The van der Waals surface area contributed by atoms with Gasteiger partial charge in [-0.1, -0.05) is 30.3 Å². The molecule has 0 bridgehead atoms. The van der Waals surface area contributed by atoms with Crippen LogP contribution >= 0.6 is 0 Å². The second kappa shape index (κ2) is 5.88. The Morgan fingerprint density at radius 3 is 2.50 bits per heavy atom. The van der Waals surface area contributed by atoms with Crippen molar-refractivity contribution in [3.63, 3.8) is 0 Å². The van der Waals surface area contributed by atoms with Gasteiger partial charge in [-0.05, 0) is 18.8 Å². The van der Waals surface area contributed by atoms with E-state index >= 15 is 0 Å². The van der Waals surface area contributed by atoms with Gasteiger partial charge in [0.05, 0.1) is 24.3 Å². The van der Waals surface area contributed by atoms with Gasteiger partial charge in [0.15, 0.2) is 5.82 Å². The third-order valence-electron chi connectivity index (χ3n) is 4.14. The lowest BCUT2D eigenvalue weighted by atomic mass is 10.1. The van der Waals surface area contributed by atoms with Crippen LogP contribution in [0.4, 0.5) is 5.69 Å². The number of hydrogen-bond donors (Lipinski definition) is 1. The highest BCUT2D eigenvalue weighted by molar-refractivity contribution is 6.04. The van der Waals surface area contributed by atoms with Crippen LogP contribution in [0.3, 0.4) is 0 Å². The normalized spacial score (nSPS) is 13.7. The number of aromatic nitrogens is 4. The maximum atomic E-state index is 12.6. The fourth-order valence-electron chi connectivity index (χ4n) is 2.74. The van der Waals surface area contributed by atoms with E-state index in [1.54, 1.807) is 30.3 Å². The van der Waals surface area contributed by atoms with Gasteiger partial charge in [0.1, 0.15) is 5.69 Å². The van der Waals surface area contributed by atoms with Crippen molar-refractivity contribution in [2.24, 2.45) is 7.05 Å². The highest BCUT2D eigenvalue weighted by Crippen LogP contribution is 2.41. The maximum absolute atomic E-state index is 12.6. The summed E-state index contributed by atoms with van der Waals surface area (Å²) in [5, 5.41) is 7.08. The van der Waals surface area contributed by atoms with Crippen molar-refractivity contribution in [3.8, 4) is 11.4 Å². The fourth-order valence-corrected chi connectivity index (χ4v) is 2.74. The smallest absolute Gasteiger partial charge is 0.274 e. The molecule has 1 N–H and O–H groups in total. The number of rotatable bonds is 4. The van der Waals surface area contributed by atoms with E-state index in [0.29, 0.717) is 23.1 Å². The van der Waals surface area contributed by atoms with Crippen LogP contribution in [0.15, 0.2) is 48.9 Å². The van der Waals surface area contributed by atoms with Gasteiger partial charge in [0.2, 0.25) is 0 Å². The molecule has 3 aromatic rings. The van der Waals surface area contributed by atoms with E-state index in [1.165, 1.54) is 0 Å². The van der Waals surface area contributed by atoms with Crippen LogP contribution in [0, 0.1) is 0 Å². The Labute approximate surface area is 139 Å². The van der Waals surface area contributed by atoms with Crippen LogP contribution < -0.4 is 5.32 Å². The second-order valence-corrected chi connectivity index (χ2v) is 5.96. The van der Waals surface area contributed by atoms with Crippen LogP contribution in [0.25, 0.3) is 11.4 Å². The summed E-state index contributed by atoms with van der Waals surface area (Å²) >= 11 is 0. The first kappa shape index (κ1) is 14.6. The molecule has 24 heavy (non-hydrogen) atoms. The summed E-state index contributed by atoms with van der Waals surface area (Å²) in [5.41, 5.74) is 3.15. The number of carbonyl (C=O) groups excluding carboxylic acids is 1. The van der Waals surface area contributed by atoms with Gasteiger partial charge in [0.25, 0.3) is 5.91 Å². The number of carbonyl (C=O) groups is 1. The molecule has 1 amide bonds. The first-order valence-electron chi connectivity index (χ1n) is 7.93. The minimum absolute atomic E-state index is 0.173. The predicted molar refractivity (Wildman–Crippen MR) is 90.6 cm³/mol. The molecule has 1 saturated carbocycles. The Hall–Kier alpha value is -3.02. The molecule has 0 saturated heterocycles. The monoisotopic (exact) mass is 319 g/mol. The molecule has 0 radical (unpaired) electrons. The van der Waals surface area contributed by atoms with Crippen LogP contribution in [0.1, 0.15) is 34.8 Å². The molecular weight excluding hydrogens is 302 g/mol. The summed E-state index contributed by atoms with van der Waals surface area (Å²) in [6, 6.07) is 9.73. The van der Waals surface area contributed by atoms with Crippen molar-refractivity contribution in [1.82, 2.24) is 19.7 Å². The average Bonchev–Trinajstić information content (AvgIpc) is 3.38. The fraction of sp³-hybridized carbons (Fsp3) is 0.222. The molecule has 6 heteroatoms. The van der Waals surface area contributed by atoms with Gasteiger partial charge in [-0.15, -0.1) is 0 Å². The number of nitrogens with one attached hydrogen (secondary N) is 1. The van der Waals surface area contributed by atoms with Crippen LogP contribution in [-0.4, -0.2) is 25.7 Å². The SMILES string of the molecule is Cn1ncc(C2CC2)c1C(=O)Nc1cnc(-c2ccccc2)nc1. The first-order valence-corrected chi connectivity index (χ1v) is 7.93. The number of benzene rings is 1. The lowest BCUT2D eigenvalue weighted by Crippen LogP contribution is -2.18. The summed E-state index contributed by atoms with van der Waals surface area (Å²) in [7, 11) is 1.79. The number of aryl methyl sites for hydroxylation is 1. The van der Waals surface area contributed by atoms with E-state index < -0.39 is 0 Å². The minimum Gasteiger partial charge on any atom is -0.318 e. The van der Waals surface area contributed by atoms with E-state index in [2.05, 4.69) is 20.4 Å². The summed E-state index contributed by atoms with van der Waals surface area (Å²) in [4.78, 5) is 21.2. The molecule has 6 nitrogen and oxygen atoms in total. The second-order valence-electron chi connectivity index (χ2n) is 5.96. The Kier molecular flexibility index (Phi) is 3.57. The summed E-state index contributed by atoms with van der Waals surface area (Å²) in [6.07, 6.45) is 7.30. The van der Waals surface area contributed by atoms with Crippen LogP contribution in [0.5, 0.6) is 0 Å². The first-order chi connectivity index (χ1) is 11.7.